The molecule has 0 fully saturated rings. The Kier molecular flexibility index (Phi) is 24.0. The first-order valence-electron chi connectivity index (χ1n) is 22.6. The van der Waals surface area contributed by atoms with Crippen LogP contribution in [0.3, 0.4) is 0 Å². The predicted octanol–water partition coefficient (Wildman–Crippen LogP) is 6.95. The van der Waals surface area contributed by atoms with Crippen molar-refractivity contribution in [3.8, 4) is 30.6 Å². The molecule has 0 aliphatic heterocycles. The standard InChI is InChI=1S/C49H64O15S2/c1-2-38(53)11-3-7-19-61-46(57)34-23-32(24-35(27-34)47(58)62-20-8-4-12-39(54)29-50)42-15-17-44(65-42)45-18-16-43(66-45)33-25-36(48(59)63-21-9-5-13-40(55)30-51)28-37(26-33)49(60)64-22-10-6-14-41(56)31-52/h15-18,23-28,38-41,50-56H,2-14,19-22,29-31H2,1H3. The van der Waals surface area contributed by atoms with Gasteiger partial charge in [0, 0.05) is 19.5 Å². The molecule has 4 rings (SSSR count). The van der Waals surface area contributed by atoms with Gasteiger partial charge in [0.15, 0.2) is 0 Å². The van der Waals surface area contributed by atoms with Crippen molar-refractivity contribution in [2.75, 3.05) is 46.2 Å². The number of esters is 4. The maximum absolute atomic E-state index is 13.3. The summed E-state index contributed by atoms with van der Waals surface area (Å²) in [6, 6.07) is 17.0. The van der Waals surface area contributed by atoms with Gasteiger partial charge in [0.1, 0.15) is 0 Å². The van der Waals surface area contributed by atoms with Gasteiger partial charge in [-0.3, -0.25) is 0 Å². The van der Waals surface area contributed by atoms with Crippen LogP contribution < -0.4 is 0 Å². The van der Waals surface area contributed by atoms with Crippen molar-refractivity contribution in [2.45, 2.75) is 115 Å². The zero-order valence-electron chi connectivity index (χ0n) is 37.4. The lowest BCUT2D eigenvalue weighted by atomic mass is 10.0. The maximum atomic E-state index is 13.3. The van der Waals surface area contributed by atoms with Gasteiger partial charge < -0.3 is 54.7 Å². The summed E-state index contributed by atoms with van der Waals surface area (Å²) in [4.78, 5) is 56.4. The fraction of sp³-hybridized carbons (Fsp3) is 0.510. The Labute approximate surface area is 393 Å². The molecule has 4 unspecified atom stereocenters. The van der Waals surface area contributed by atoms with E-state index < -0.39 is 48.3 Å². The third-order valence-electron chi connectivity index (χ3n) is 10.6. The van der Waals surface area contributed by atoms with Crippen molar-refractivity contribution in [1.82, 2.24) is 0 Å². The van der Waals surface area contributed by atoms with Gasteiger partial charge in [0.2, 0.25) is 0 Å². The van der Waals surface area contributed by atoms with Crippen LogP contribution in [-0.2, 0) is 18.9 Å². The van der Waals surface area contributed by atoms with Gasteiger partial charge in [-0.25, -0.2) is 19.2 Å². The van der Waals surface area contributed by atoms with Crippen LogP contribution in [0, 0.1) is 0 Å². The molecule has 0 spiro atoms. The second kappa shape index (κ2) is 29.3. The number of hydrogen-bond donors (Lipinski definition) is 7. The molecule has 7 N–H and O–H groups in total. The molecule has 15 nitrogen and oxygen atoms in total. The van der Waals surface area contributed by atoms with E-state index in [4.69, 9.17) is 34.3 Å². The van der Waals surface area contributed by atoms with Crippen molar-refractivity contribution in [2.24, 2.45) is 0 Å². The summed E-state index contributed by atoms with van der Waals surface area (Å²) in [6.45, 7) is 1.22. The maximum Gasteiger partial charge on any atom is 0.338 e. The smallest absolute Gasteiger partial charge is 0.338 e. The average Bonchev–Trinajstić information content (AvgIpc) is 4.04. The third-order valence-corrected chi connectivity index (χ3v) is 13.1. The quantitative estimate of drug-likeness (QED) is 0.0153. The zero-order valence-corrected chi connectivity index (χ0v) is 39.1. The highest BCUT2D eigenvalue weighted by Gasteiger charge is 2.20. The highest BCUT2D eigenvalue weighted by Crippen LogP contribution is 2.41. The van der Waals surface area contributed by atoms with E-state index in [0.717, 1.165) is 19.5 Å². The molecule has 0 radical (unpaired) electrons. The van der Waals surface area contributed by atoms with Crippen LogP contribution in [0.1, 0.15) is 132 Å². The SMILES string of the molecule is CCC(O)CCCCOC(=O)c1cc(C(=O)OCCCCC(O)CO)cc(-c2ccc(-c3ccc(-c4cc(C(=O)OCCCCC(O)CO)cc(C(=O)OCCCCC(O)CO)c4)s3)s2)c1. The van der Waals surface area contributed by atoms with Gasteiger partial charge in [-0.2, -0.15) is 0 Å². The summed E-state index contributed by atoms with van der Waals surface area (Å²) < 4.78 is 22.1. The molecule has 0 aliphatic rings. The number of aliphatic hydroxyl groups is 7. The Morgan fingerprint density at radius 2 is 0.697 bits per heavy atom. The molecule has 0 bridgehead atoms. The van der Waals surface area contributed by atoms with Crippen molar-refractivity contribution in [3.05, 3.63) is 82.9 Å². The molecule has 0 amide bonds. The van der Waals surface area contributed by atoms with E-state index in [1.54, 1.807) is 24.3 Å². The first kappa shape index (κ1) is 54.0. The largest absolute Gasteiger partial charge is 0.462 e. The van der Waals surface area contributed by atoms with E-state index in [1.165, 1.54) is 34.8 Å². The summed E-state index contributed by atoms with van der Waals surface area (Å²) >= 11 is 2.85. The van der Waals surface area contributed by atoms with E-state index in [-0.39, 0.29) is 68.5 Å². The van der Waals surface area contributed by atoms with Gasteiger partial charge in [-0.15, -0.1) is 22.7 Å². The number of aliphatic hydroxyl groups excluding tert-OH is 7. The molecule has 66 heavy (non-hydrogen) atoms. The topological polar surface area (TPSA) is 247 Å². The summed E-state index contributed by atoms with van der Waals surface area (Å²) in [7, 11) is 0. The molecule has 4 atom stereocenters. The normalized spacial score (nSPS) is 13.2. The minimum Gasteiger partial charge on any atom is -0.462 e. The summed E-state index contributed by atoms with van der Waals surface area (Å²) in [5.74, 6) is -2.53. The van der Waals surface area contributed by atoms with Gasteiger partial charge in [-0.05, 0) is 155 Å². The molecule has 17 heteroatoms. The molecule has 0 saturated heterocycles. The molecule has 0 aliphatic carbocycles. The third kappa shape index (κ3) is 18.3. The Balaban J connectivity index is 1.56. The zero-order chi connectivity index (χ0) is 47.8. The summed E-state index contributed by atoms with van der Waals surface area (Å²) in [5, 5.41) is 65.9. The van der Waals surface area contributed by atoms with Crippen molar-refractivity contribution in [1.29, 1.82) is 0 Å². The van der Waals surface area contributed by atoms with Crippen molar-refractivity contribution < 1.29 is 73.9 Å². The van der Waals surface area contributed by atoms with E-state index in [9.17, 15) is 39.6 Å². The molecule has 2 heterocycles. The number of benzene rings is 2. The van der Waals surface area contributed by atoms with Crippen molar-refractivity contribution in [3.63, 3.8) is 0 Å². The molecular formula is C49H64O15S2. The number of hydrogen-bond acceptors (Lipinski definition) is 17. The molecule has 2 aromatic heterocycles. The Bertz CT molecular complexity index is 1860. The first-order valence-corrected chi connectivity index (χ1v) is 24.2. The second-order valence-corrected chi connectivity index (χ2v) is 18.2. The van der Waals surface area contributed by atoms with Crippen LogP contribution in [0.15, 0.2) is 60.7 Å². The molecule has 2 aromatic carbocycles. The first-order chi connectivity index (χ1) is 31.8. The molecule has 4 aromatic rings. The van der Waals surface area contributed by atoms with Gasteiger partial charge >= 0.3 is 23.9 Å². The fourth-order valence-corrected chi connectivity index (χ4v) is 8.74. The lowest BCUT2D eigenvalue weighted by Crippen LogP contribution is -2.13. The van der Waals surface area contributed by atoms with E-state index in [1.807, 2.05) is 31.2 Å². The molecule has 0 saturated carbocycles. The minimum atomic E-state index is -0.844. The average molecular weight is 957 g/mol. The minimum absolute atomic E-state index is 0.0696. The highest BCUT2D eigenvalue weighted by atomic mass is 32.1. The Hall–Kier alpha value is -4.56. The number of rotatable bonds is 31. The van der Waals surface area contributed by atoms with Crippen LogP contribution in [0.25, 0.3) is 30.6 Å². The van der Waals surface area contributed by atoms with E-state index in [2.05, 4.69) is 0 Å². The predicted molar refractivity (Wildman–Crippen MR) is 251 cm³/mol. The van der Waals surface area contributed by atoms with E-state index >= 15 is 0 Å². The fourth-order valence-electron chi connectivity index (χ4n) is 6.66. The van der Waals surface area contributed by atoms with Gasteiger partial charge in [0.05, 0.1) is 92.9 Å². The van der Waals surface area contributed by atoms with Crippen LogP contribution in [0.4, 0.5) is 0 Å². The van der Waals surface area contributed by atoms with Crippen molar-refractivity contribution >= 4 is 46.6 Å². The highest BCUT2D eigenvalue weighted by molar-refractivity contribution is 7.25. The van der Waals surface area contributed by atoms with Gasteiger partial charge in [0.25, 0.3) is 0 Å². The number of unbranched alkanes of at least 4 members (excludes halogenated alkanes) is 4. The lowest BCUT2D eigenvalue weighted by Gasteiger charge is -2.11. The van der Waals surface area contributed by atoms with E-state index in [0.29, 0.717) is 94.6 Å². The van der Waals surface area contributed by atoms with Crippen LogP contribution in [0.5, 0.6) is 0 Å². The monoisotopic (exact) mass is 956 g/mol. The van der Waals surface area contributed by atoms with Crippen LogP contribution in [0.2, 0.25) is 0 Å². The van der Waals surface area contributed by atoms with Gasteiger partial charge in [-0.1, -0.05) is 6.92 Å². The Morgan fingerprint density at radius 3 is 0.970 bits per heavy atom. The number of carbonyl (C=O) groups excluding carboxylic acids is 4. The lowest BCUT2D eigenvalue weighted by molar-refractivity contribution is 0.0465. The summed E-state index contributed by atoms with van der Waals surface area (Å²) in [6.07, 6.45) is 3.64. The number of thiophene rings is 2. The Morgan fingerprint density at radius 1 is 0.424 bits per heavy atom. The number of ether oxygens (including phenoxy) is 4. The van der Waals surface area contributed by atoms with Crippen LogP contribution >= 0.6 is 22.7 Å². The van der Waals surface area contributed by atoms with Crippen LogP contribution in [-0.4, -0.2) is 130 Å². The molecular weight excluding hydrogens is 893 g/mol. The molecule has 362 valence electrons. The summed E-state index contributed by atoms with van der Waals surface area (Å²) in [5.41, 5.74) is 1.76. The second-order valence-electron chi connectivity index (χ2n) is 16.0. The number of carbonyl (C=O) groups is 4.